The van der Waals surface area contributed by atoms with Crippen molar-refractivity contribution in [2.75, 3.05) is 26.7 Å². The zero-order valence-corrected chi connectivity index (χ0v) is 14.0. The van der Waals surface area contributed by atoms with Crippen LogP contribution >= 0.6 is 0 Å². The molecule has 1 N–H and O–H groups in total. The van der Waals surface area contributed by atoms with E-state index < -0.39 is 0 Å². The number of nitrogens with zero attached hydrogens (tertiary/aromatic N) is 1. The molecule has 1 fully saturated rings. The lowest BCUT2D eigenvalue weighted by Crippen LogP contribution is -2.46. The fourth-order valence-electron chi connectivity index (χ4n) is 3.07. The molecule has 0 amide bonds. The van der Waals surface area contributed by atoms with E-state index in [0.29, 0.717) is 0 Å². The maximum atomic E-state index is 5.93. The molecule has 1 aliphatic heterocycles. The second kappa shape index (κ2) is 7.43. The summed E-state index contributed by atoms with van der Waals surface area (Å²) in [5.74, 6) is 2.11. The van der Waals surface area contributed by atoms with Gasteiger partial charge in [-0.15, -0.1) is 0 Å². The van der Waals surface area contributed by atoms with Crippen molar-refractivity contribution in [2.45, 2.75) is 58.7 Å². The Morgan fingerprint density at radius 1 is 1.48 bits per heavy atom. The van der Waals surface area contributed by atoms with Crippen LogP contribution in [-0.2, 0) is 17.8 Å². The first-order valence-electron chi connectivity index (χ1n) is 8.13. The van der Waals surface area contributed by atoms with Gasteiger partial charge in [0.05, 0.1) is 12.1 Å². The smallest absolute Gasteiger partial charge is 0.118 e. The summed E-state index contributed by atoms with van der Waals surface area (Å²) in [5, 5.41) is 3.44. The van der Waals surface area contributed by atoms with Crippen LogP contribution in [0.3, 0.4) is 0 Å². The van der Waals surface area contributed by atoms with Gasteiger partial charge in [-0.05, 0) is 52.3 Å². The Kier molecular flexibility index (Phi) is 5.85. The summed E-state index contributed by atoms with van der Waals surface area (Å²) in [7, 11) is 1.82. The van der Waals surface area contributed by atoms with Crippen LogP contribution < -0.4 is 5.32 Å². The predicted molar refractivity (Wildman–Crippen MR) is 85.4 cm³/mol. The van der Waals surface area contributed by atoms with Crippen molar-refractivity contribution in [3.05, 3.63) is 23.2 Å². The first-order valence-corrected chi connectivity index (χ1v) is 8.13. The van der Waals surface area contributed by atoms with Crippen LogP contribution in [0.4, 0.5) is 0 Å². The summed E-state index contributed by atoms with van der Waals surface area (Å²) in [6.45, 7) is 11.4. The molecule has 1 atom stereocenters. The largest absolute Gasteiger partial charge is 0.465 e. The Labute approximate surface area is 128 Å². The zero-order chi connectivity index (χ0) is 15.3. The van der Waals surface area contributed by atoms with E-state index >= 15 is 0 Å². The molecule has 1 unspecified atom stereocenters. The van der Waals surface area contributed by atoms with Crippen molar-refractivity contribution in [3.63, 3.8) is 0 Å². The molecule has 1 aromatic heterocycles. The van der Waals surface area contributed by atoms with Crippen LogP contribution in [0.25, 0.3) is 0 Å². The van der Waals surface area contributed by atoms with E-state index in [9.17, 15) is 0 Å². The number of furan rings is 1. The minimum atomic E-state index is -0.00853. The van der Waals surface area contributed by atoms with E-state index in [-0.39, 0.29) is 5.60 Å². The van der Waals surface area contributed by atoms with Crippen molar-refractivity contribution < 1.29 is 9.15 Å². The first kappa shape index (κ1) is 16.5. The van der Waals surface area contributed by atoms with Gasteiger partial charge in [0.25, 0.3) is 0 Å². The van der Waals surface area contributed by atoms with Crippen molar-refractivity contribution in [1.82, 2.24) is 10.2 Å². The van der Waals surface area contributed by atoms with E-state index in [2.05, 4.69) is 37.1 Å². The lowest BCUT2D eigenvalue weighted by atomic mass is 9.95. The van der Waals surface area contributed by atoms with E-state index in [4.69, 9.17) is 9.15 Å². The van der Waals surface area contributed by atoms with Gasteiger partial charge >= 0.3 is 0 Å². The third-order valence-corrected chi connectivity index (χ3v) is 4.42. The minimum Gasteiger partial charge on any atom is -0.465 e. The van der Waals surface area contributed by atoms with Crippen LogP contribution in [-0.4, -0.2) is 37.2 Å². The molecule has 4 heteroatoms. The molecule has 21 heavy (non-hydrogen) atoms. The number of rotatable bonds is 7. The number of methoxy groups -OCH3 is 1. The molecule has 1 saturated heterocycles. The number of piperidine rings is 1. The Balaban J connectivity index is 1.92. The first-order chi connectivity index (χ1) is 10.1. The molecule has 1 aromatic rings. The number of hydrogen-bond acceptors (Lipinski definition) is 4. The van der Waals surface area contributed by atoms with Crippen LogP contribution in [0.5, 0.6) is 0 Å². The summed E-state index contributed by atoms with van der Waals surface area (Å²) >= 11 is 0. The van der Waals surface area contributed by atoms with Gasteiger partial charge in [-0.25, -0.2) is 0 Å². The maximum Gasteiger partial charge on any atom is 0.118 e. The fourth-order valence-corrected chi connectivity index (χ4v) is 3.07. The molecule has 0 bridgehead atoms. The average Bonchev–Trinajstić information content (AvgIpc) is 2.79. The molecular weight excluding hydrogens is 264 g/mol. The van der Waals surface area contributed by atoms with Gasteiger partial charge in [-0.2, -0.15) is 0 Å². The summed E-state index contributed by atoms with van der Waals surface area (Å²) in [5.41, 5.74) is 1.27. The van der Waals surface area contributed by atoms with Crippen molar-refractivity contribution in [2.24, 2.45) is 0 Å². The Bertz CT molecular complexity index is 444. The standard InChI is InChI=1S/C17H30N2O2/c1-5-8-18-11-15-10-16(21-14(15)2)12-19-9-6-7-17(3,13-19)20-4/h10,18H,5-9,11-13H2,1-4H3. The highest BCUT2D eigenvalue weighted by molar-refractivity contribution is 5.20. The number of aryl methyl sites for hydroxylation is 1. The third kappa shape index (κ3) is 4.56. The van der Waals surface area contributed by atoms with Crippen LogP contribution in [0, 0.1) is 6.92 Å². The second-order valence-corrected chi connectivity index (χ2v) is 6.44. The van der Waals surface area contributed by atoms with Gasteiger partial charge < -0.3 is 14.5 Å². The van der Waals surface area contributed by atoms with Crippen molar-refractivity contribution in [3.8, 4) is 0 Å². The van der Waals surface area contributed by atoms with E-state index in [1.165, 1.54) is 12.0 Å². The van der Waals surface area contributed by atoms with Gasteiger partial charge in [0, 0.05) is 25.8 Å². The number of likely N-dealkylation sites (tertiary alicyclic amines) is 1. The van der Waals surface area contributed by atoms with E-state index in [1.54, 1.807) is 0 Å². The molecule has 0 saturated carbocycles. The second-order valence-electron chi connectivity index (χ2n) is 6.44. The summed E-state index contributed by atoms with van der Waals surface area (Å²) < 4.78 is 11.6. The van der Waals surface area contributed by atoms with Crippen LogP contribution in [0.1, 0.15) is 50.2 Å². The van der Waals surface area contributed by atoms with Crippen LogP contribution in [0.2, 0.25) is 0 Å². The lowest BCUT2D eigenvalue weighted by Gasteiger charge is -2.39. The molecule has 0 radical (unpaired) electrons. The third-order valence-electron chi connectivity index (χ3n) is 4.42. The lowest BCUT2D eigenvalue weighted by molar-refractivity contribution is -0.0539. The van der Waals surface area contributed by atoms with Gasteiger partial charge in [0.2, 0.25) is 0 Å². The highest BCUT2D eigenvalue weighted by Gasteiger charge is 2.31. The number of hydrogen-bond donors (Lipinski definition) is 1. The highest BCUT2D eigenvalue weighted by atomic mass is 16.5. The molecule has 1 aliphatic rings. The Morgan fingerprint density at radius 2 is 2.29 bits per heavy atom. The average molecular weight is 294 g/mol. The van der Waals surface area contributed by atoms with Crippen molar-refractivity contribution >= 4 is 0 Å². The monoisotopic (exact) mass is 294 g/mol. The molecular formula is C17H30N2O2. The summed E-state index contributed by atoms with van der Waals surface area (Å²) in [6, 6.07) is 2.21. The van der Waals surface area contributed by atoms with E-state index in [0.717, 1.165) is 57.1 Å². The van der Waals surface area contributed by atoms with Crippen LogP contribution in [0.15, 0.2) is 10.5 Å². The van der Waals surface area contributed by atoms with E-state index in [1.807, 2.05) is 7.11 Å². The fraction of sp³-hybridized carbons (Fsp3) is 0.765. The topological polar surface area (TPSA) is 37.6 Å². The van der Waals surface area contributed by atoms with Gasteiger partial charge in [-0.1, -0.05) is 6.92 Å². The summed E-state index contributed by atoms with van der Waals surface area (Å²) in [4.78, 5) is 2.44. The van der Waals surface area contributed by atoms with Gasteiger partial charge in [0.15, 0.2) is 0 Å². The molecule has 2 rings (SSSR count). The summed E-state index contributed by atoms with van der Waals surface area (Å²) in [6.07, 6.45) is 3.49. The number of nitrogens with one attached hydrogen (secondary N) is 1. The molecule has 0 spiro atoms. The Hall–Kier alpha value is -0.840. The maximum absolute atomic E-state index is 5.93. The molecule has 2 heterocycles. The molecule has 0 aliphatic carbocycles. The van der Waals surface area contributed by atoms with Crippen molar-refractivity contribution in [1.29, 1.82) is 0 Å². The van der Waals surface area contributed by atoms with Gasteiger partial charge in [-0.3, -0.25) is 4.90 Å². The quantitative estimate of drug-likeness (QED) is 0.784. The molecule has 120 valence electrons. The highest BCUT2D eigenvalue weighted by Crippen LogP contribution is 2.26. The molecule has 4 nitrogen and oxygen atoms in total. The minimum absolute atomic E-state index is 0.00853. The molecule has 0 aromatic carbocycles. The number of ether oxygens (including phenoxy) is 1. The Morgan fingerprint density at radius 3 is 3.00 bits per heavy atom. The normalized spacial score (nSPS) is 23.6. The SMILES string of the molecule is CCCNCc1cc(CN2CCCC(C)(OC)C2)oc1C. The zero-order valence-electron chi connectivity index (χ0n) is 14.0. The predicted octanol–water partition coefficient (Wildman–Crippen LogP) is 3.09. The van der Waals surface area contributed by atoms with Gasteiger partial charge in [0.1, 0.15) is 11.5 Å².